The second-order valence-corrected chi connectivity index (χ2v) is 6.25. The summed E-state index contributed by atoms with van der Waals surface area (Å²) in [7, 11) is 0. The monoisotopic (exact) mass is 306 g/mol. The normalized spacial score (nSPS) is 12.5. The highest BCUT2D eigenvalue weighted by atomic mass is 16.6. The molecule has 5 nitrogen and oxygen atoms in total. The third-order valence-corrected chi connectivity index (χ3v) is 3.08. The number of carbonyl (C=O) groups excluding carboxylic acids is 2. The van der Waals surface area contributed by atoms with Gasteiger partial charge in [-0.1, -0.05) is 30.3 Å². The van der Waals surface area contributed by atoms with Crippen molar-refractivity contribution in [3.05, 3.63) is 35.9 Å². The number of alkyl carbamates (subject to hydrolysis) is 1. The van der Waals surface area contributed by atoms with Gasteiger partial charge in [0.05, 0.1) is 0 Å². The van der Waals surface area contributed by atoms with Gasteiger partial charge < -0.3 is 20.0 Å². The lowest BCUT2D eigenvalue weighted by atomic mass is 9.91. The van der Waals surface area contributed by atoms with Gasteiger partial charge in [0.2, 0.25) is 0 Å². The van der Waals surface area contributed by atoms with Crippen LogP contribution in [-0.2, 0) is 9.53 Å². The number of carbonyl (C=O) groups is 2. The summed E-state index contributed by atoms with van der Waals surface area (Å²) in [6, 6.07) is 9.49. The number of nitrogens with one attached hydrogen (secondary N) is 1. The Morgan fingerprint density at radius 3 is 2.41 bits per heavy atom. The zero-order valence-corrected chi connectivity index (χ0v) is 13.4. The molecule has 0 aliphatic rings. The van der Waals surface area contributed by atoms with E-state index >= 15 is 0 Å². The average Bonchev–Trinajstić information content (AvgIpc) is 2.41. The van der Waals surface area contributed by atoms with E-state index in [2.05, 4.69) is 5.32 Å². The Labute approximate surface area is 131 Å². The van der Waals surface area contributed by atoms with E-state index in [1.54, 1.807) is 20.8 Å². The lowest BCUT2D eigenvalue weighted by Gasteiger charge is -2.20. The summed E-state index contributed by atoms with van der Waals surface area (Å²) < 4.78 is 5.14. The highest BCUT2D eigenvalue weighted by molar-refractivity contribution is 5.67. The van der Waals surface area contributed by atoms with Crippen molar-refractivity contribution >= 4 is 12.1 Å². The number of amides is 1. The smallest absolute Gasteiger partial charge is 0.407 e. The van der Waals surface area contributed by atoms with E-state index in [1.165, 1.54) is 0 Å². The summed E-state index contributed by atoms with van der Waals surface area (Å²) in [6.45, 7) is 5.86. The molecule has 1 aromatic carbocycles. The van der Waals surface area contributed by atoms with Crippen molar-refractivity contribution < 1.29 is 19.4 Å². The van der Waals surface area contributed by atoms with Crippen molar-refractivity contribution in [1.29, 1.82) is 0 Å². The van der Waals surface area contributed by atoms with Crippen molar-refractivity contribution in [2.75, 3.05) is 6.54 Å². The molecule has 0 aliphatic heterocycles. The molecule has 0 spiro atoms. The van der Waals surface area contributed by atoms with Crippen LogP contribution in [0.1, 0.15) is 51.5 Å². The van der Waals surface area contributed by atoms with Crippen molar-refractivity contribution in [2.45, 2.75) is 51.6 Å². The van der Waals surface area contributed by atoms with E-state index in [0.29, 0.717) is 19.4 Å². The first-order chi connectivity index (χ1) is 10.3. The molecule has 0 aromatic heterocycles. The minimum atomic E-state index is -1.06. The summed E-state index contributed by atoms with van der Waals surface area (Å²) in [6.07, 6.45) is 0.861. The molecule has 0 saturated heterocycles. The molecule has 5 heteroatoms. The van der Waals surface area contributed by atoms with Gasteiger partial charge in [-0.3, -0.25) is 0 Å². The second kappa shape index (κ2) is 8.41. The average molecular weight is 306 g/mol. The fraction of sp³-hybridized carbons (Fsp3) is 0.529. The molecule has 0 bridgehead atoms. The number of carboxylic acid groups (broad SMARTS) is 1. The maximum Gasteiger partial charge on any atom is 0.407 e. The number of hydrogen-bond acceptors (Lipinski definition) is 4. The third-order valence-electron chi connectivity index (χ3n) is 3.08. The molecule has 0 saturated carbocycles. The van der Waals surface area contributed by atoms with Crippen molar-refractivity contribution in [3.63, 3.8) is 0 Å². The zero-order valence-electron chi connectivity index (χ0n) is 13.4. The minimum Gasteiger partial charge on any atom is -0.550 e. The Kier molecular flexibility index (Phi) is 6.89. The van der Waals surface area contributed by atoms with Crippen molar-refractivity contribution in [3.8, 4) is 0 Å². The molecule has 1 N–H and O–H groups in total. The Morgan fingerprint density at radius 2 is 1.86 bits per heavy atom. The molecule has 1 rings (SSSR count). The molecular formula is C17H24NO4-. The fourth-order valence-corrected chi connectivity index (χ4v) is 2.17. The van der Waals surface area contributed by atoms with Gasteiger partial charge >= 0.3 is 6.09 Å². The Morgan fingerprint density at radius 1 is 1.23 bits per heavy atom. The van der Waals surface area contributed by atoms with Crippen LogP contribution in [0.4, 0.5) is 4.79 Å². The predicted octanol–water partition coefficient (Wildman–Crippen LogP) is 2.22. The molecule has 22 heavy (non-hydrogen) atoms. The maximum absolute atomic E-state index is 11.5. The Hall–Kier alpha value is -2.04. The van der Waals surface area contributed by atoms with E-state index in [1.807, 2.05) is 30.3 Å². The van der Waals surface area contributed by atoms with Crippen LogP contribution >= 0.6 is 0 Å². The molecule has 0 aliphatic carbocycles. The van der Waals surface area contributed by atoms with Gasteiger partial charge in [0.1, 0.15) is 5.60 Å². The number of benzene rings is 1. The Bertz CT molecular complexity index is 479. The number of aliphatic carboxylic acids is 1. The zero-order chi connectivity index (χ0) is 16.6. The summed E-state index contributed by atoms with van der Waals surface area (Å²) in [4.78, 5) is 22.4. The lowest BCUT2D eigenvalue weighted by molar-refractivity contribution is -0.306. The molecule has 1 unspecified atom stereocenters. The number of rotatable bonds is 7. The van der Waals surface area contributed by atoms with E-state index in [-0.39, 0.29) is 12.3 Å². The van der Waals surface area contributed by atoms with Gasteiger partial charge in [-0.15, -0.1) is 0 Å². The molecule has 1 aromatic rings. The summed E-state index contributed by atoms with van der Waals surface area (Å²) >= 11 is 0. The number of carboxylic acids is 1. The molecule has 122 valence electrons. The first-order valence-electron chi connectivity index (χ1n) is 7.49. The molecule has 1 atom stereocenters. The third kappa shape index (κ3) is 7.67. The van der Waals surface area contributed by atoms with Gasteiger partial charge in [-0.05, 0) is 51.5 Å². The van der Waals surface area contributed by atoms with Crippen molar-refractivity contribution in [2.24, 2.45) is 0 Å². The van der Waals surface area contributed by atoms with E-state index in [0.717, 1.165) is 5.56 Å². The van der Waals surface area contributed by atoms with Crippen LogP contribution in [0, 0.1) is 0 Å². The van der Waals surface area contributed by atoms with Gasteiger partial charge in [0.25, 0.3) is 0 Å². The SMILES string of the molecule is CC(C)(C)OC(=O)NCCCC(CC(=O)[O-])c1ccccc1. The molecule has 0 fully saturated rings. The molecule has 0 radical (unpaired) electrons. The van der Waals surface area contributed by atoms with E-state index in [9.17, 15) is 14.7 Å². The fourth-order valence-electron chi connectivity index (χ4n) is 2.17. The first kappa shape index (κ1) is 18.0. The van der Waals surface area contributed by atoms with Crippen LogP contribution in [0.25, 0.3) is 0 Å². The van der Waals surface area contributed by atoms with Gasteiger partial charge in [0, 0.05) is 12.5 Å². The van der Waals surface area contributed by atoms with Crippen LogP contribution in [0.3, 0.4) is 0 Å². The largest absolute Gasteiger partial charge is 0.550 e. The van der Waals surface area contributed by atoms with Crippen LogP contribution in [0.5, 0.6) is 0 Å². The molecule has 0 heterocycles. The van der Waals surface area contributed by atoms with E-state index < -0.39 is 17.7 Å². The number of ether oxygens (including phenoxy) is 1. The first-order valence-corrected chi connectivity index (χ1v) is 7.49. The minimum absolute atomic E-state index is 0.0174. The van der Waals surface area contributed by atoms with Crippen LogP contribution < -0.4 is 10.4 Å². The van der Waals surface area contributed by atoms with Crippen LogP contribution in [0.2, 0.25) is 0 Å². The predicted molar refractivity (Wildman–Crippen MR) is 82.3 cm³/mol. The maximum atomic E-state index is 11.5. The Balaban J connectivity index is 2.42. The summed E-state index contributed by atoms with van der Waals surface area (Å²) in [5.74, 6) is -1.17. The van der Waals surface area contributed by atoms with E-state index in [4.69, 9.17) is 4.74 Å². The second-order valence-electron chi connectivity index (χ2n) is 6.25. The summed E-state index contributed by atoms with van der Waals surface area (Å²) in [5.41, 5.74) is 0.454. The van der Waals surface area contributed by atoms with Gasteiger partial charge in [0.15, 0.2) is 0 Å². The molecular weight excluding hydrogens is 282 g/mol. The quantitative estimate of drug-likeness (QED) is 0.783. The van der Waals surface area contributed by atoms with Gasteiger partial charge in [-0.25, -0.2) is 4.79 Å². The highest BCUT2D eigenvalue weighted by Crippen LogP contribution is 2.24. The van der Waals surface area contributed by atoms with Gasteiger partial charge in [-0.2, -0.15) is 0 Å². The topological polar surface area (TPSA) is 78.5 Å². The number of hydrogen-bond donors (Lipinski definition) is 1. The van der Waals surface area contributed by atoms with Crippen LogP contribution in [0.15, 0.2) is 30.3 Å². The molecule has 1 amide bonds. The van der Waals surface area contributed by atoms with Crippen LogP contribution in [-0.4, -0.2) is 24.2 Å². The lowest BCUT2D eigenvalue weighted by Crippen LogP contribution is -2.33. The highest BCUT2D eigenvalue weighted by Gasteiger charge is 2.16. The van der Waals surface area contributed by atoms with Crippen molar-refractivity contribution in [1.82, 2.24) is 5.32 Å². The summed E-state index contributed by atoms with van der Waals surface area (Å²) in [5, 5.41) is 13.6. The standard InChI is InChI=1S/C17H25NO4/c1-17(2,3)22-16(21)18-11-7-10-14(12-15(19)20)13-8-5-4-6-9-13/h4-6,8-9,14H,7,10-12H2,1-3H3,(H,18,21)(H,19,20)/p-1.